The molecule has 0 aromatic carbocycles. The standard InChI is InChI=1S/C6H9N3O2S/c7-4-5-2-1-3-6(9-5)12(8,10)11/h1-3H,4,7H2,(H2,8,10,11). The number of hydrogen-bond acceptors (Lipinski definition) is 4. The fraction of sp³-hybridized carbons (Fsp3) is 0.167. The number of sulfonamides is 1. The summed E-state index contributed by atoms with van der Waals surface area (Å²) in [5, 5.41) is 4.70. The molecule has 1 heterocycles. The van der Waals surface area contributed by atoms with E-state index in [0.29, 0.717) is 5.69 Å². The molecular weight excluding hydrogens is 178 g/mol. The maximum absolute atomic E-state index is 10.8. The molecule has 0 aliphatic rings. The van der Waals surface area contributed by atoms with Crippen LogP contribution >= 0.6 is 0 Å². The fourth-order valence-corrected chi connectivity index (χ4v) is 1.24. The number of primary sulfonamides is 1. The van der Waals surface area contributed by atoms with E-state index < -0.39 is 10.0 Å². The molecule has 4 N–H and O–H groups in total. The second-order valence-electron chi connectivity index (χ2n) is 2.22. The Morgan fingerprint density at radius 2 is 2.08 bits per heavy atom. The number of pyridine rings is 1. The zero-order chi connectivity index (χ0) is 9.19. The Labute approximate surface area is 70.5 Å². The van der Waals surface area contributed by atoms with E-state index in [1.807, 2.05) is 0 Å². The molecule has 0 aliphatic heterocycles. The lowest BCUT2D eigenvalue weighted by Gasteiger charge is -1.98. The second-order valence-corrected chi connectivity index (χ2v) is 3.72. The largest absolute Gasteiger partial charge is 0.325 e. The molecule has 66 valence electrons. The fourth-order valence-electron chi connectivity index (χ4n) is 0.730. The summed E-state index contributed by atoms with van der Waals surface area (Å²) in [6, 6.07) is 4.51. The molecule has 0 spiro atoms. The maximum atomic E-state index is 10.8. The van der Waals surface area contributed by atoms with Crippen LogP contribution in [0.4, 0.5) is 0 Å². The van der Waals surface area contributed by atoms with E-state index in [1.165, 1.54) is 6.07 Å². The lowest BCUT2D eigenvalue weighted by molar-refractivity contribution is 0.593. The van der Waals surface area contributed by atoms with Crippen molar-refractivity contribution in [1.29, 1.82) is 0 Å². The van der Waals surface area contributed by atoms with Gasteiger partial charge in [0, 0.05) is 6.54 Å². The summed E-state index contributed by atoms with van der Waals surface area (Å²) in [7, 11) is -3.70. The number of hydrogen-bond donors (Lipinski definition) is 2. The summed E-state index contributed by atoms with van der Waals surface area (Å²) in [5.74, 6) is 0. The van der Waals surface area contributed by atoms with Gasteiger partial charge in [0.25, 0.3) is 10.0 Å². The van der Waals surface area contributed by atoms with Gasteiger partial charge in [0.2, 0.25) is 0 Å². The van der Waals surface area contributed by atoms with E-state index in [-0.39, 0.29) is 11.6 Å². The van der Waals surface area contributed by atoms with Gasteiger partial charge in [0.05, 0.1) is 5.69 Å². The van der Waals surface area contributed by atoms with E-state index in [2.05, 4.69) is 4.98 Å². The van der Waals surface area contributed by atoms with Gasteiger partial charge in [-0.3, -0.25) is 0 Å². The van der Waals surface area contributed by atoms with Gasteiger partial charge in [-0.2, -0.15) is 0 Å². The normalized spacial score (nSPS) is 11.5. The first-order valence-corrected chi connectivity index (χ1v) is 4.77. The van der Waals surface area contributed by atoms with Crippen LogP contribution in [0, 0.1) is 0 Å². The van der Waals surface area contributed by atoms with E-state index in [0.717, 1.165) is 0 Å². The van der Waals surface area contributed by atoms with E-state index in [4.69, 9.17) is 10.9 Å². The summed E-state index contributed by atoms with van der Waals surface area (Å²) < 4.78 is 21.6. The molecule has 5 nitrogen and oxygen atoms in total. The molecule has 0 fully saturated rings. The predicted molar refractivity (Wildman–Crippen MR) is 43.5 cm³/mol. The van der Waals surface area contributed by atoms with Crippen LogP contribution in [0.2, 0.25) is 0 Å². The minimum Gasteiger partial charge on any atom is -0.325 e. The van der Waals surface area contributed by atoms with Crippen molar-refractivity contribution in [1.82, 2.24) is 4.98 Å². The Hall–Kier alpha value is -0.980. The average molecular weight is 187 g/mol. The van der Waals surface area contributed by atoms with Crippen molar-refractivity contribution >= 4 is 10.0 Å². The Morgan fingerprint density at radius 3 is 2.58 bits per heavy atom. The maximum Gasteiger partial charge on any atom is 0.255 e. The molecule has 0 atom stereocenters. The van der Waals surface area contributed by atoms with Crippen molar-refractivity contribution in [2.45, 2.75) is 11.6 Å². The number of rotatable bonds is 2. The third-order valence-corrected chi connectivity index (χ3v) is 2.09. The molecule has 0 aliphatic carbocycles. The van der Waals surface area contributed by atoms with Gasteiger partial charge in [-0.1, -0.05) is 6.07 Å². The molecule has 0 saturated carbocycles. The molecule has 0 amide bonds. The molecule has 1 rings (SSSR count). The highest BCUT2D eigenvalue weighted by Gasteiger charge is 2.08. The lowest BCUT2D eigenvalue weighted by Crippen LogP contribution is -2.15. The first-order chi connectivity index (χ1) is 5.54. The van der Waals surface area contributed by atoms with Crippen molar-refractivity contribution in [3.63, 3.8) is 0 Å². The van der Waals surface area contributed by atoms with Gasteiger partial charge in [0.15, 0.2) is 5.03 Å². The third-order valence-electron chi connectivity index (χ3n) is 1.28. The van der Waals surface area contributed by atoms with Gasteiger partial charge in [0.1, 0.15) is 0 Å². The first-order valence-electron chi connectivity index (χ1n) is 3.23. The minimum absolute atomic E-state index is 0.148. The molecule has 0 bridgehead atoms. The van der Waals surface area contributed by atoms with Crippen LogP contribution in [0.5, 0.6) is 0 Å². The summed E-state index contributed by atoms with van der Waals surface area (Å²) in [6.07, 6.45) is 0. The molecule has 1 aromatic rings. The topological polar surface area (TPSA) is 99.1 Å². The molecule has 1 aromatic heterocycles. The van der Waals surface area contributed by atoms with Crippen molar-refractivity contribution in [2.24, 2.45) is 10.9 Å². The quantitative estimate of drug-likeness (QED) is 0.632. The molecular formula is C6H9N3O2S. The number of aromatic nitrogens is 1. The lowest BCUT2D eigenvalue weighted by atomic mass is 10.4. The predicted octanol–water partition coefficient (Wildman–Crippen LogP) is -0.812. The van der Waals surface area contributed by atoms with Crippen LogP contribution in [0.3, 0.4) is 0 Å². The number of nitrogens with zero attached hydrogens (tertiary/aromatic N) is 1. The van der Waals surface area contributed by atoms with Gasteiger partial charge >= 0.3 is 0 Å². The summed E-state index contributed by atoms with van der Waals surface area (Å²) in [5.41, 5.74) is 5.77. The van der Waals surface area contributed by atoms with E-state index in [1.54, 1.807) is 12.1 Å². The summed E-state index contributed by atoms with van der Waals surface area (Å²) in [6.45, 7) is 0.198. The molecule has 0 saturated heterocycles. The van der Waals surface area contributed by atoms with Crippen molar-refractivity contribution < 1.29 is 8.42 Å². The Morgan fingerprint density at radius 1 is 1.42 bits per heavy atom. The Bertz CT molecular complexity index is 374. The van der Waals surface area contributed by atoms with Crippen LogP contribution in [0.25, 0.3) is 0 Å². The Kier molecular flexibility index (Phi) is 2.41. The van der Waals surface area contributed by atoms with Crippen molar-refractivity contribution in [3.05, 3.63) is 23.9 Å². The highest BCUT2D eigenvalue weighted by molar-refractivity contribution is 7.89. The average Bonchev–Trinajstić information content (AvgIpc) is 2.03. The van der Waals surface area contributed by atoms with Crippen molar-refractivity contribution in [2.75, 3.05) is 0 Å². The van der Waals surface area contributed by atoms with Crippen LogP contribution in [-0.4, -0.2) is 13.4 Å². The van der Waals surface area contributed by atoms with Crippen LogP contribution in [0.15, 0.2) is 23.2 Å². The molecule has 6 heteroatoms. The highest BCUT2D eigenvalue weighted by Crippen LogP contribution is 2.03. The third kappa shape index (κ3) is 2.00. The van der Waals surface area contributed by atoms with Gasteiger partial charge in [-0.15, -0.1) is 0 Å². The smallest absolute Gasteiger partial charge is 0.255 e. The SMILES string of the molecule is NCc1cccc(S(N)(=O)=O)n1. The minimum atomic E-state index is -3.70. The zero-order valence-electron chi connectivity index (χ0n) is 6.27. The molecule has 0 radical (unpaired) electrons. The second kappa shape index (κ2) is 3.18. The zero-order valence-corrected chi connectivity index (χ0v) is 7.08. The van der Waals surface area contributed by atoms with Gasteiger partial charge < -0.3 is 5.73 Å². The molecule has 0 unspecified atom stereocenters. The van der Waals surface area contributed by atoms with Gasteiger partial charge in [-0.25, -0.2) is 18.5 Å². The van der Waals surface area contributed by atoms with Crippen LogP contribution in [0.1, 0.15) is 5.69 Å². The van der Waals surface area contributed by atoms with Crippen molar-refractivity contribution in [3.8, 4) is 0 Å². The van der Waals surface area contributed by atoms with Crippen LogP contribution < -0.4 is 10.9 Å². The van der Waals surface area contributed by atoms with Gasteiger partial charge in [-0.05, 0) is 12.1 Å². The Balaban J connectivity index is 3.20. The van der Waals surface area contributed by atoms with E-state index >= 15 is 0 Å². The summed E-state index contributed by atoms with van der Waals surface area (Å²) >= 11 is 0. The monoisotopic (exact) mass is 187 g/mol. The van der Waals surface area contributed by atoms with Crippen LogP contribution in [-0.2, 0) is 16.6 Å². The molecule has 12 heavy (non-hydrogen) atoms. The highest BCUT2D eigenvalue weighted by atomic mass is 32.2. The number of nitrogens with two attached hydrogens (primary N) is 2. The first kappa shape index (κ1) is 9.11. The summed E-state index contributed by atoms with van der Waals surface area (Å²) in [4.78, 5) is 3.72. The van der Waals surface area contributed by atoms with E-state index in [9.17, 15) is 8.42 Å².